The molecule has 2 aromatic rings. The first kappa shape index (κ1) is 21.6. The van der Waals surface area contributed by atoms with Crippen LogP contribution in [-0.2, 0) is 11.0 Å². The Morgan fingerprint density at radius 1 is 1.16 bits per heavy atom. The highest BCUT2D eigenvalue weighted by Crippen LogP contribution is 2.29. The molecular formula is C19H20ClF3N6O2. The Kier molecular flexibility index (Phi) is 5.89. The van der Waals surface area contributed by atoms with Crippen LogP contribution in [0.25, 0.3) is 5.82 Å². The van der Waals surface area contributed by atoms with Crippen LogP contribution in [0, 0.1) is 0 Å². The van der Waals surface area contributed by atoms with Gasteiger partial charge in [0.15, 0.2) is 5.82 Å². The molecular weight excluding hydrogens is 437 g/mol. The summed E-state index contributed by atoms with van der Waals surface area (Å²) in [4.78, 5) is 32.2. The zero-order valence-corrected chi connectivity index (χ0v) is 17.2. The molecule has 31 heavy (non-hydrogen) atoms. The minimum absolute atomic E-state index is 0.0160. The number of aromatic nitrogens is 3. The van der Waals surface area contributed by atoms with Gasteiger partial charge in [-0.15, -0.1) is 0 Å². The number of rotatable bonds is 5. The number of hydrogen-bond donors (Lipinski definition) is 1. The monoisotopic (exact) mass is 456 g/mol. The highest BCUT2D eigenvalue weighted by molar-refractivity contribution is 6.33. The Balaban J connectivity index is 1.43. The molecule has 0 atom stereocenters. The number of anilines is 1. The van der Waals surface area contributed by atoms with E-state index in [1.54, 1.807) is 0 Å². The number of carbonyl (C=O) groups is 1. The fraction of sp³-hybridized carbons (Fsp3) is 0.474. The van der Waals surface area contributed by atoms with Gasteiger partial charge in [-0.05, 0) is 25.0 Å². The van der Waals surface area contributed by atoms with Gasteiger partial charge in [-0.1, -0.05) is 11.6 Å². The Morgan fingerprint density at radius 3 is 2.45 bits per heavy atom. The average Bonchev–Trinajstić information content (AvgIpc) is 3.54. The summed E-state index contributed by atoms with van der Waals surface area (Å²) in [7, 11) is 0. The summed E-state index contributed by atoms with van der Waals surface area (Å²) in [6, 6.07) is 2.22. The Labute approximate surface area is 180 Å². The van der Waals surface area contributed by atoms with Crippen molar-refractivity contribution in [2.24, 2.45) is 0 Å². The van der Waals surface area contributed by atoms with Gasteiger partial charge in [0, 0.05) is 38.4 Å². The largest absolute Gasteiger partial charge is 0.417 e. The van der Waals surface area contributed by atoms with E-state index < -0.39 is 17.3 Å². The quantitative estimate of drug-likeness (QED) is 0.737. The molecule has 12 heteroatoms. The van der Waals surface area contributed by atoms with Gasteiger partial charge in [0.1, 0.15) is 5.02 Å². The first-order chi connectivity index (χ1) is 14.7. The molecule has 0 unspecified atom stereocenters. The first-order valence-corrected chi connectivity index (χ1v) is 10.2. The number of nitrogens with one attached hydrogen (secondary N) is 1. The highest BCUT2D eigenvalue weighted by Gasteiger charge is 2.31. The zero-order valence-electron chi connectivity index (χ0n) is 16.4. The summed E-state index contributed by atoms with van der Waals surface area (Å²) in [6.45, 7) is 2.69. The fourth-order valence-electron chi connectivity index (χ4n) is 3.34. The summed E-state index contributed by atoms with van der Waals surface area (Å²) in [5, 5.41) is 6.91. The molecule has 1 saturated carbocycles. The number of pyridine rings is 1. The van der Waals surface area contributed by atoms with Crippen LogP contribution in [0.2, 0.25) is 5.02 Å². The number of alkyl halides is 3. The number of halogens is 4. The molecule has 0 bridgehead atoms. The number of hydrogen-bond acceptors (Lipinski definition) is 6. The van der Waals surface area contributed by atoms with Gasteiger partial charge in [-0.25, -0.2) is 4.98 Å². The molecule has 1 N–H and O–H groups in total. The van der Waals surface area contributed by atoms with Crippen LogP contribution in [0.4, 0.5) is 18.9 Å². The SMILES string of the molecule is O=C(CN1CCN(c2cnn(-c3ccc(C(F)(F)F)cn3)c(=O)c2Cl)CC1)NC1CC1. The maximum atomic E-state index is 12.7. The molecule has 1 amide bonds. The zero-order chi connectivity index (χ0) is 22.2. The van der Waals surface area contributed by atoms with E-state index in [0.717, 1.165) is 29.7 Å². The number of amides is 1. The van der Waals surface area contributed by atoms with Crippen LogP contribution in [0.5, 0.6) is 0 Å². The number of piperazine rings is 1. The van der Waals surface area contributed by atoms with Crippen molar-refractivity contribution in [1.82, 2.24) is 25.0 Å². The first-order valence-electron chi connectivity index (χ1n) is 9.80. The van der Waals surface area contributed by atoms with Crippen molar-refractivity contribution >= 4 is 23.2 Å². The van der Waals surface area contributed by atoms with E-state index in [0.29, 0.717) is 50.6 Å². The van der Waals surface area contributed by atoms with E-state index in [1.807, 2.05) is 9.80 Å². The third kappa shape index (κ3) is 4.99. The fourth-order valence-corrected chi connectivity index (χ4v) is 3.59. The van der Waals surface area contributed by atoms with Gasteiger partial charge in [0.2, 0.25) is 5.91 Å². The average molecular weight is 457 g/mol. The predicted molar refractivity (Wildman–Crippen MR) is 107 cm³/mol. The predicted octanol–water partition coefficient (Wildman–Crippen LogP) is 1.70. The Hall–Kier alpha value is -2.66. The lowest BCUT2D eigenvalue weighted by atomic mass is 10.2. The maximum absolute atomic E-state index is 12.7. The van der Waals surface area contributed by atoms with Gasteiger partial charge >= 0.3 is 6.18 Å². The van der Waals surface area contributed by atoms with Crippen LogP contribution in [-0.4, -0.2) is 64.3 Å². The highest BCUT2D eigenvalue weighted by atomic mass is 35.5. The lowest BCUT2D eigenvalue weighted by Gasteiger charge is -2.35. The second-order valence-corrected chi connectivity index (χ2v) is 7.95. The van der Waals surface area contributed by atoms with Gasteiger partial charge in [-0.2, -0.15) is 23.0 Å². The van der Waals surface area contributed by atoms with Crippen molar-refractivity contribution < 1.29 is 18.0 Å². The van der Waals surface area contributed by atoms with Gasteiger partial charge in [0.05, 0.1) is 24.0 Å². The molecule has 8 nitrogen and oxygen atoms in total. The lowest BCUT2D eigenvalue weighted by Crippen LogP contribution is -2.50. The van der Waals surface area contributed by atoms with Crippen LogP contribution in [0.3, 0.4) is 0 Å². The topological polar surface area (TPSA) is 83.4 Å². The molecule has 1 saturated heterocycles. The van der Waals surface area contributed by atoms with Crippen molar-refractivity contribution in [3.8, 4) is 5.82 Å². The van der Waals surface area contributed by atoms with E-state index in [-0.39, 0.29) is 16.7 Å². The molecule has 166 valence electrons. The molecule has 3 heterocycles. The Morgan fingerprint density at radius 2 is 1.87 bits per heavy atom. The van der Waals surface area contributed by atoms with Crippen LogP contribution in [0.15, 0.2) is 29.3 Å². The van der Waals surface area contributed by atoms with Crippen molar-refractivity contribution in [2.75, 3.05) is 37.6 Å². The van der Waals surface area contributed by atoms with Crippen LogP contribution < -0.4 is 15.8 Å². The number of nitrogens with zero attached hydrogens (tertiary/aromatic N) is 5. The summed E-state index contributed by atoms with van der Waals surface area (Å²) < 4.78 is 39.0. The molecule has 2 aliphatic rings. The normalized spacial score (nSPS) is 17.6. The van der Waals surface area contributed by atoms with E-state index in [1.165, 1.54) is 6.20 Å². The second-order valence-electron chi connectivity index (χ2n) is 7.57. The Bertz CT molecular complexity index is 1010. The van der Waals surface area contributed by atoms with E-state index in [4.69, 9.17) is 11.6 Å². The molecule has 0 aromatic carbocycles. The summed E-state index contributed by atoms with van der Waals surface area (Å²) in [6.07, 6.45) is -0.397. The van der Waals surface area contributed by atoms with Crippen LogP contribution >= 0.6 is 11.6 Å². The smallest absolute Gasteiger partial charge is 0.366 e. The van der Waals surface area contributed by atoms with E-state index >= 15 is 0 Å². The molecule has 4 rings (SSSR count). The van der Waals surface area contributed by atoms with Gasteiger partial charge < -0.3 is 10.2 Å². The molecule has 1 aliphatic heterocycles. The maximum Gasteiger partial charge on any atom is 0.417 e. The third-order valence-electron chi connectivity index (χ3n) is 5.22. The van der Waals surface area contributed by atoms with Crippen molar-refractivity contribution in [1.29, 1.82) is 0 Å². The molecule has 0 radical (unpaired) electrons. The molecule has 2 aromatic heterocycles. The van der Waals surface area contributed by atoms with Gasteiger partial charge in [0.25, 0.3) is 5.56 Å². The second kappa shape index (κ2) is 8.46. The summed E-state index contributed by atoms with van der Waals surface area (Å²) >= 11 is 6.27. The standard InChI is InChI=1S/C19H20ClF3N6O2/c20-17-14(28-7-5-27(6-8-28)11-16(30)26-13-2-3-13)10-25-29(18(17)31)15-4-1-12(9-24-15)19(21,22)23/h1,4,9-10,13H,2-3,5-8,11H2,(H,26,30). The molecule has 2 fully saturated rings. The molecule has 1 aliphatic carbocycles. The molecule has 0 spiro atoms. The van der Waals surface area contributed by atoms with Crippen molar-refractivity contribution in [2.45, 2.75) is 25.1 Å². The van der Waals surface area contributed by atoms with Crippen molar-refractivity contribution in [3.05, 3.63) is 45.5 Å². The third-order valence-corrected chi connectivity index (χ3v) is 5.57. The lowest BCUT2D eigenvalue weighted by molar-refractivity contribution is -0.137. The summed E-state index contributed by atoms with van der Waals surface area (Å²) in [5.41, 5.74) is -1.15. The number of carbonyl (C=O) groups excluding carboxylic acids is 1. The minimum atomic E-state index is -4.52. The van der Waals surface area contributed by atoms with Gasteiger partial charge in [-0.3, -0.25) is 14.5 Å². The minimum Gasteiger partial charge on any atom is -0.366 e. The summed E-state index contributed by atoms with van der Waals surface area (Å²) in [5.74, 6) is -0.0415. The van der Waals surface area contributed by atoms with Crippen molar-refractivity contribution in [3.63, 3.8) is 0 Å². The van der Waals surface area contributed by atoms with E-state index in [9.17, 15) is 22.8 Å². The van der Waals surface area contributed by atoms with Crippen LogP contribution in [0.1, 0.15) is 18.4 Å². The van der Waals surface area contributed by atoms with E-state index in [2.05, 4.69) is 15.4 Å².